The van der Waals surface area contributed by atoms with Gasteiger partial charge in [0.15, 0.2) is 5.82 Å². The fourth-order valence-corrected chi connectivity index (χ4v) is 2.87. The first kappa shape index (κ1) is 16.5. The molecule has 0 bridgehead atoms. The van der Waals surface area contributed by atoms with E-state index in [0.717, 1.165) is 38.2 Å². The van der Waals surface area contributed by atoms with Crippen LogP contribution in [0.4, 0.5) is 23.1 Å². The Morgan fingerprint density at radius 3 is 2.62 bits per heavy atom. The lowest BCUT2D eigenvalue weighted by Crippen LogP contribution is -2.29. The van der Waals surface area contributed by atoms with E-state index in [-0.39, 0.29) is 0 Å². The van der Waals surface area contributed by atoms with Gasteiger partial charge >= 0.3 is 0 Å². The molecule has 2 aromatic rings. The summed E-state index contributed by atoms with van der Waals surface area (Å²) in [5, 5.41) is 14.5. The molecule has 2 N–H and O–H groups in total. The zero-order chi connectivity index (χ0) is 16.6. The van der Waals surface area contributed by atoms with E-state index < -0.39 is 0 Å². The van der Waals surface area contributed by atoms with Crippen LogP contribution in [-0.4, -0.2) is 34.8 Å². The highest BCUT2D eigenvalue weighted by molar-refractivity contribution is 5.60. The molecule has 0 spiro atoms. The summed E-state index contributed by atoms with van der Waals surface area (Å²) in [6, 6.07) is 8.53. The van der Waals surface area contributed by atoms with E-state index in [2.05, 4.69) is 61.9 Å². The van der Waals surface area contributed by atoms with Crippen molar-refractivity contribution in [2.24, 2.45) is 0 Å². The van der Waals surface area contributed by atoms with Gasteiger partial charge in [-0.05, 0) is 49.9 Å². The van der Waals surface area contributed by atoms with Crippen LogP contribution in [0.5, 0.6) is 0 Å². The standard InChI is InChI=1S/C18H26N6/c1-2-3-11-19-18-22-17(14-20-23-18)21-15-7-9-16(10-8-15)24-12-5-4-6-13-24/h7-10,14H,2-6,11-13H2,1H3,(H2,19,21,22,23). The van der Waals surface area contributed by atoms with Gasteiger partial charge in [-0.3, -0.25) is 0 Å². The number of unbranched alkanes of at least 4 members (excludes halogenated alkanes) is 1. The van der Waals surface area contributed by atoms with Crippen molar-refractivity contribution in [2.75, 3.05) is 35.2 Å². The highest BCUT2D eigenvalue weighted by Gasteiger charge is 2.10. The summed E-state index contributed by atoms with van der Waals surface area (Å²) in [6.07, 6.45) is 7.82. The Balaban J connectivity index is 1.60. The molecule has 0 radical (unpaired) electrons. The van der Waals surface area contributed by atoms with Crippen molar-refractivity contribution in [1.82, 2.24) is 15.2 Å². The fourth-order valence-electron chi connectivity index (χ4n) is 2.87. The lowest BCUT2D eigenvalue weighted by atomic mass is 10.1. The van der Waals surface area contributed by atoms with Crippen LogP contribution >= 0.6 is 0 Å². The van der Waals surface area contributed by atoms with Crippen molar-refractivity contribution < 1.29 is 0 Å². The van der Waals surface area contributed by atoms with Gasteiger partial charge in [0.1, 0.15) is 0 Å². The summed E-state index contributed by atoms with van der Waals surface area (Å²) < 4.78 is 0. The van der Waals surface area contributed by atoms with Crippen LogP contribution in [0.2, 0.25) is 0 Å². The molecule has 1 saturated heterocycles. The Hall–Kier alpha value is -2.37. The summed E-state index contributed by atoms with van der Waals surface area (Å²) in [5.74, 6) is 1.27. The molecule has 0 amide bonds. The third-order valence-corrected chi connectivity index (χ3v) is 4.23. The first-order valence-corrected chi connectivity index (χ1v) is 8.91. The first-order valence-electron chi connectivity index (χ1n) is 8.91. The molecule has 1 aromatic heterocycles. The van der Waals surface area contributed by atoms with E-state index >= 15 is 0 Å². The van der Waals surface area contributed by atoms with Gasteiger partial charge in [0.2, 0.25) is 5.95 Å². The number of nitrogens with one attached hydrogen (secondary N) is 2. The molecule has 0 saturated carbocycles. The summed E-state index contributed by atoms with van der Waals surface area (Å²) in [6.45, 7) is 5.35. The number of rotatable bonds is 7. The Kier molecular flexibility index (Phi) is 5.82. The minimum Gasteiger partial charge on any atom is -0.372 e. The molecule has 3 rings (SSSR count). The third kappa shape index (κ3) is 4.57. The molecule has 1 aliphatic rings. The molecular weight excluding hydrogens is 300 g/mol. The normalized spacial score (nSPS) is 14.5. The van der Waals surface area contributed by atoms with Gasteiger partial charge in [-0.2, -0.15) is 10.1 Å². The van der Waals surface area contributed by atoms with Crippen molar-refractivity contribution in [3.05, 3.63) is 30.5 Å². The van der Waals surface area contributed by atoms with Gasteiger partial charge in [0.05, 0.1) is 6.20 Å². The Morgan fingerprint density at radius 1 is 1.08 bits per heavy atom. The van der Waals surface area contributed by atoms with E-state index in [0.29, 0.717) is 11.8 Å². The molecule has 0 unspecified atom stereocenters. The topological polar surface area (TPSA) is 66.0 Å². The number of aromatic nitrogens is 3. The lowest BCUT2D eigenvalue weighted by molar-refractivity contribution is 0.578. The third-order valence-electron chi connectivity index (χ3n) is 4.23. The maximum atomic E-state index is 4.45. The van der Waals surface area contributed by atoms with E-state index in [1.807, 2.05) is 0 Å². The second-order valence-corrected chi connectivity index (χ2v) is 6.17. The molecule has 1 aromatic carbocycles. The SMILES string of the molecule is CCCCNc1nncc(Nc2ccc(N3CCCCC3)cc2)n1. The number of piperidine rings is 1. The zero-order valence-electron chi connectivity index (χ0n) is 14.3. The molecule has 6 nitrogen and oxygen atoms in total. The lowest BCUT2D eigenvalue weighted by Gasteiger charge is -2.28. The smallest absolute Gasteiger partial charge is 0.244 e. The zero-order valence-corrected chi connectivity index (χ0v) is 14.3. The molecule has 24 heavy (non-hydrogen) atoms. The maximum Gasteiger partial charge on any atom is 0.244 e. The van der Waals surface area contributed by atoms with Gasteiger partial charge < -0.3 is 15.5 Å². The molecule has 0 aliphatic carbocycles. The van der Waals surface area contributed by atoms with Crippen molar-refractivity contribution >= 4 is 23.1 Å². The highest BCUT2D eigenvalue weighted by atomic mass is 15.3. The van der Waals surface area contributed by atoms with Crippen molar-refractivity contribution in [3.63, 3.8) is 0 Å². The van der Waals surface area contributed by atoms with E-state index in [9.17, 15) is 0 Å². The minimum atomic E-state index is 0.568. The summed E-state index contributed by atoms with van der Waals surface area (Å²) in [4.78, 5) is 6.90. The van der Waals surface area contributed by atoms with Gasteiger partial charge in [0.25, 0.3) is 0 Å². The largest absolute Gasteiger partial charge is 0.372 e. The molecular formula is C18H26N6. The van der Waals surface area contributed by atoms with Crippen LogP contribution in [0.1, 0.15) is 39.0 Å². The molecule has 0 atom stereocenters. The van der Waals surface area contributed by atoms with Crippen molar-refractivity contribution in [2.45, 2.75) is 39.0 Å². The Labute approximate surface area is 143 Å². The summed E-state index contributed by atoms with van der Waals surface area (Å²) in [7, 11) is 0. The predicted molar refractivity (Wildman–Crippen MR) is 99.0 cm³/mol. The quantitative estimate of drug-likeness (QED) is 0.754. The number of hydrogen-bond donors (Lipinski definition) is 2. The van der Waals surface area contributed by atoms with Crippen molar-refractivity contribution in [1.29, 1.82) is 0 Å². The predicted octanol–water partition coefficient (Wildman–Crippen LogP) is 3.82. The van der Waals surface area contributed by atoms with Crippen LogP contribution in [-0.2, 0) is 0 Å². The minimum absolute atomic E-state index is 0.568. The van der Waals surface area contributed by atoms with E-state index in [4.69, 9.17) is 0 Å². The van der Waals surface area contributed by atoms with E-state index in [1.54, 1.807) is 6.20 Å². The Bertz CT molecular complexity index is 622. The van der Waals surface area contributed by atoms with Crippen LogP contribution in [0, 0.1) is 0 Å². The average molecular weight is 326 g/mol. The number of nitrogens with zero attached hydrogens (tertiary/aromatic N) is 4. The first-order chi connectivity index (χ1) is 11.8. The summed E-state index contributed by atoms with van der Waals surface area (Å²) in [5.41, 5.74) is 2.30. The number of anilines is 4. The van der Waals surface area contributed by atoms with E-state index in [1.165, 1.54) is 24.9 Å². The fraction of sp³-hybridized carbons (Fsp3) is 0.500. The molecule has 1 fully saturated rings. The number of hydrogen-bond acceptors (Lipinski definition) is 6. The monoisotopic (exact) mass is 326 g/mol. The van der Waals surface area contributed by atoms with Gasteiger partial charge in [-0.15, -0.1) is 5.10 Å². The maximum absolute atomic E-state index is 4.45. The molecule has 6 heteroatoms. The van der Waals surface area contributed by atoms with Crippen LogP contribution < -0.4 is 15.5 Å². The molecule has 2 heterocycles. The van der Waals surface area contributed by atoms with Crippen LogP contribution in [0.25, 0.3) is 0 Å². The average Bonchev–Trinajstić information content (AvgIpc) is 2.64. The van der Waals surface area contributed by atoms with Crippen molar-refractivity contribution in [3.8, 4) is 0 Å². The molecule has 1 aliphatic heterocycles. The van der Waals surface area contributed by atoms with Gasteiger partial charge in [0, 0.05) is 31.0 Å². The number of benzene rings is 1. The highest BCUT2D eigenvalue weighted by Crippen LogP contribution is 2.23. The summed E-state index contributed by atoms with van der Waals surface area (Å²) >= 11 is 0. The second-order valence-electron chi connectivity index (χ2n) is 6.17. The second kappa shape index (κ2) is 8.47. The van der Waals surface area contributed by atoms with Crippen LogP contribution in [0.15, 0.2) is 30.5 Å². The Morgan fingerprint density at radius 2 is 1.88 bits per heavy atom. The van der Waals surface area contributed by atoms with Crippen LogP contribution in [0.3, 0.4) is 0 Å². The molecule has 128 valence electrons. The van der Waals surface area contributed by atoms with Gasteiger partial charge in [-0.25, -0.2) is 0 Å². The van der Waals surface area contributed by atoms with Gasteiger partial charge in [-0.1, -0.05) is 13.3 Å².